The lowest BCUT2D eigenvalue weighted by Gasteiger charge is -2.10. The molecular formula is C17H18F2N4O4. The van der Waals surface area contributed by atoms with Crippen LogP contribution in [0.15, 0.2) is 24.3 Å². The van der Waals surface area contributed by atoms with Gasteiger partial charge in [0.1, 0.15) is 23.7 Å². The molecule has 0 saturated heterocycles. The predicted octanol–water partition coefficient (Wildman–Crippen LogP) is 3.64. The summed E-state index contributed by atoms with van der Waals surface area (Å²) < 4.78 is 32.5. The van der Waals surface area contributed by atoms with Gasteiger partial charge in [-0.1, -0.05) is 0 Å². The van der Waals surface area contributed by atoms with Crippen molar-refractivity contribution < 1.29 is 23.2 Å². The molecule has 2 aromatic rings. The van der Waals surface area contributed by atoms with Crippen molar-refractivity contribution in [1.82, 2.24) is 9.78 Å². The third-order valence-corrected chi connectivity index (χ3v) is 4.09. The molecule has 3 rings (SSSR count). The lowest BCUT2D eigenvalue weighted by atomic mass is 10.2. The van der Waals surface area contributed by atoms with Gasteiger partial charge in [0.25, 0.3) is 12.1 Å². The Morgan fingerprint density at radius 2 is 2.19 bits per heavy atom. The number of hydrogen-bond acceptors (Lipinski definition) is 5. The van der Waals surface area contributed by atoms with Gasteiger partial charge in [0.05, 0.1) is 23.3 Å². The fraction of sp³-hybridized carbons (Fsp3) is 0.412. The molecule has 0 atom stereocenters. The Bertz CT molecular complexity index is 865. The number of alkyl halides is 2. The maximum Gasteiger partial charge on any atom is 0.296 e. The van der Waals surface area contributed by atoms with Crippen LogP contribution in [0, 0.1) is 10.1 Å². The first-order valence-corrected chi connectivity index (χ1v) is 8.46. The summed E-state index contributed by atoms with van der Waals surface area (Å²) in [5, 5.41) is 17.7. The van der Waals surface area contributed by atoms with Gasteiger partial charge in [-0.2, -0.15) is 5.10 Å². The van der Waals surface area contributed by atoms with Crippen molar-refractivity contribution in [2.75, 3.05) is 11.9 Å². The van der Waals surface area contributed by atoms with Crippen LogP contribution in [-0.4, -0.2) is 27.2 Å². The summed E-state index contributed by atoms with van der Waals surface area (Å²) in [6, 6.07) is 5.33. The molecule has 1 fully saturated rings. The summed E-state index contributed by atoms with van der Waals surface area (Å²) in [7, 11) is 0. The molecular weight excluding hydrogens is 362 g/mol. The monoisotopic (exact) mass is 380 g/mol. The van der Waals surface area contributed by atoms with Crippen molar-refractivity contribution in [2.24, 2.45) is 0 Å². The van der Waals surface area contributed by atoms with Gasteiger partial charge in [0, 0.05) is 5.92 Å². The molecule has 0 spiro atoms. The van der Waals surface area contributed by atoms with E-state index in [0.717, 1.165) is 17.5 Å². The first-order valence-electron chi connectivity index (χ1n) is 8.46. The normalized spacial score (nSPS) is 13.6. The zero-order valence-corrected chi connectivity index (χ0v) is 14.5. The molecule has 1 N–H and O–H groups in total. The van der Waals surface area contributed by atoms with Crippen LogP contribution in [0.3, 0.4) is 0 Å². The topological polar surface area (TPSA) is 99.3 Å². The molecule has 1 aliphatic rings. The Morgan fingerprint density at radius 3 is 2.78 bits per heavy atom. The number of nitrogens with zero attached hydrogens (tertiary/aromatic N) is 3. The van der Waals surface area contributed by atoms with Gasteiger partial charge in [-0.3, -0.25) is 19.6 Å². The van der Waals surface area contributed by atoms with E-state index in [9.17, 15) is 23.7 Å². The summed E-state index contributed by atoms with van der Waals surface area (Å²) in [4.78, 5) is 22.8. The number of aromatic nitrogens is 2. The lowest BCUT2D eigenvalue weighted by molar-refractivity contribution is -0.384. The Kier molecular flexibility index (Phi) is 5.33. The molecule has 8 nitrogen and oxygen atoms in total. The maximum atomic E-state index is 13.2. The molecule has 0 aliphatic heterocycles. The number of amides is 1. The minimum atomic E-state index is -2.77. The van der Waals surface area contributed by atoms with Crippen LogP contribution in [-0.2, 0) is 11.3 Å². The average molecular weight is 380 g/mol. The molecule has 1 saturated carbocycles. The Hall–Kier alpha value is -3.04. The molecule has 1 amide bonds. The van der Waals surface area contributed by atoms with Crippen LogP contribution in [0.4, 0.5) is 20.2 Å². The number of carbonyl (C=O) groups is 1. The smallest absolute Gasteiger partial charge is 0.296 e. The molecule has 27 heavy (non-hydrogen) atoms. The number of benzene rings is 1. The van der Waals surface area contributed by atoms with Crippen molar-refractivity contribution in [2.45, 2.75) is 38.7 Å². The van der Waals surface area contributed by atoms with E-state index < -0.39 is 23.8 Å². The zero-order chi connectivity index (χ0) is 19.6. The van der Waals surface area contributed by atoms with Gasteiger partial charge in [-0.15, -0.1) is 0 Å². The zero-order valence-electron chi connectivity index (χ0n) is 14.5. The molecule has 1 heterocycles. The number of ether oxygens (including phenoxy) is 1. The van der Waals surface area contributed by atoms with E-state index in [2.05, 4.69) is 10.4 Å². The third kappa shape index (κ3) is 4.39. The van der Waals surface area contributed by atoms with E-state index in [1.165, 1.54) is 24.3 Å². The van der Waals surface area contributed by atoms with Gasteiger partial charge in [0.2, 0.25) is 5.91 Å². The second-order valence-corrected chi connectivity index (χ2v) is 6.14. The van der Waals surface area contributed by atoms with Gasteiger partial charge >= 0.3 is 0 Å². The molecule has 0 radical (unpaired) electrons. The highest BCUT2D eigenvalue weighted by Gasteiger charge is 2.29. The number of nitro benzene ring substituents is 1. The van der Waals surface area contributed by atoms with Crippen molar-refractivity contribution in [3.8, 4) is 5.75 Å². The quantitative estimate of drug-likeness (QED) is 0.557. The van der Waals surface area contributed by atoms with Gasteiger partial charge in [-0.05, 0) is 38.0 Å². The first-order chi connectivity index (χ1) is 12.9. The Labute approximate surface area is 153 Å². The molecule has 1 aromatic carbocycles. The minimum absolute atomic E-state index is 0.0402. The first kappa shape index (κ1) is 18.7. The second kappa shape index (κ2) is 7.68. The molecule has 10 heteroatoms. The van der Waals surface area contributed by atoms with Gasteiger partial charge < -0.3 is 10.1 Å². The van der Waals surface area contributed by atoms with E-state index >= 15 is 0 Å². The average Bonchev–Trinajstić information content (AvgIpc) is 3.37. The summed E-state index contributed by atoms with van der Waals surface area (Å²) in [5.41, 5.74) is -0.178. The summed E-state index contributed by atoms with van der Waals surface area (Å²) >= 11 is 0. The van der Waals surface area contributed by atoms with Crippen LogP contribution in [0.5, 0.6) is 5.75 Å². The second-order valence-electron chi connectivity index (χ2n) is 6.14. The summed E-state index contributed by atoms with van der Waals surface area (Å²) in [6.07, 6.45) is -0.980. The number of nitrogens with one attached hydrogen (secondary N) is 1. The number of hydrogen-bond donors (Lipinski definition) is 1. The van der Waals surface area contributed by atoms with Crippen molar-refractivity contribution in [1.29, 1.82) is 0 Å². The van der Waals surface area contributed by atoms with Gasteiger partial charge in [-0.25, -0.2) is 8.78 Å². The van der Waals surface area contributed by atoms with E-state index in [1.807, 2.05) is 0 Å². The number of rotatable bonds is 8. The highest BCUT2D eigenvalue weighted by atomic mass is 19.3. The number of nitro groups is 1. The van der Waals surface area contributed by atoms with E-state index in [-0.39, 0.29) is 23.0 Å². The highest BCUT2D eigenvalue weighted by molar-refractivity contribution is 5.93. The lowest BCUT2D eigenvalue weighted by Crippen LogP contribution is -2.21. The third-order valence-electron chi connectivity index (χ3n) is 4.09. The predicted molar refractivity (Wildman–Crippen MR) is 92.1 cm³/mol. The summed E-state index contributed by atoms with van der Waals surface area (Å²) in [5.74, 6) is -0.225. The van der Waals surface area contributed by atoms with E-state index in [4.69, 9.17) is 4.74 Å². The van der Waals surface area contributed by atoms with E-state index in [0.29, 0.717) is 18.1 Å². The Balaban J connectivity index is 1.77. The molecule has 0 unspecified atom stereocenters. The SMILES string of the molecule is CCOc1ccc(NC(=O)Cn2nc(C3CC3)cc2C(F)F)c([N+](=O)[O-])c1. The number of anilines is 1. The van der Waals surface area contributed by atoms with E-state index in [1.54, 1.807) is 6.92 Å². The molecule has 0 bridgehead atoms. The van der Waals surface area contributed by atoms with Crippen molar-refractivity contribution >= 4 is 17.3 Å². The fourth-order valence-electron chi connectivity index (χ4n) is 2.68. The minimum Gasteiger partial charge on any atom is -0.494 e. The van der Waals surface area contributed by atoms with Crippen molar-refractivity contribution in [3.05, 3.63) is 45.8 Å². The van der Waals surface area contributed by atoms with Gasteiger partial charge in [0.15, 0.2) is 0 Å². The van der Waals surface area contributed by atoms with Crippen LogP contribution in [0.1, 0.15) is 43.5 Å². The maximum absolute atomic E-state index is 13.2. The van der Waals surface area contributed by atoms with Crippen molar-refractivity contribution in [3.63, 3.8) is 0 Å². The van der Waals surface area contributed by atoms with Crippen LogP contribution < -0.4 is 10.1 Å². The highest BCUT2D eigenvalue weighted by Crippen LogP contribution is 2.40. The largest absolute Gasteiger partial charge is 0.494 e. The molecule has 144 valence electrons. The van der Waals surface area contributed by atoms with Crippen LogP contribution >= 0.6 is 0 Å². The fourth-order valence-corrected chi connectivity index (χ4v) is 2.68. The Morgan fingerprint density at radius 1 is 1.44 bits per heavy atom. The summed E-state index contributed by atoms with van der Waals surface area (Å²) in [6.45, 7) is 1.61. The van der Waals surface area contributed by atoms with Crippen LogP contribution in [0.25, 0.3) is 0 Å². The molecule has 1 aliphatic carbocycles. The molecule has 1 aromatic heterocycles. The van der Waals surface area contributed by atoms with Crippen LogP contribution in [0.2, 0.25) is 0 Å². The number of carbonyl (C=O) groups excluding carboxylic acids is 1. The number of halogens is 2. The standard InChI is InChI=1S/C17H18F2N4O4/c1-2-27-11-5-6-12(14(7-11)23(25)26)20-16(24)9-22-15(17(18)19)8-13(21-22)10-3-4-10/h5-8,10,17H,2-4,9H2,1H3,(H,20,24).